The van der Waals surface area contributed by atoms with Crippen molar-refractivity contribution in [3.05, 3.63) is 71.2 Å². The molecule has 4 rings (SSSR count). The molecule has 7 heteroatoms. The summed E-state index contributed by atoms with van der Waals surface area (Å²) in [5.41, 5.74) is 6.92. The van der Waals surface area contributed by atoms with Gasteiger partial charge in [-0.2, -0.15) is 0 Å². The molecule has 4 unspecified atom stereocenters. The maximum absolute atomic E-state index is 4.89. The van der Waals surface area contributed by atoms with Gasteiger partial charge < -0.3 is 22.6 Å². The predicted octanol–water partition coefficient (Wildman–Crippen LogP) is 9.84. The van der Waals surface area contributed by atoms with Crippen molar-refractivity contribution < 1.29 is 17.0 Å². The normalized spacial score (nSPS) is 26.6. The second-order valence-electron chi connectivity index (χ2n) is 13.4. The van der Waals surface area contributed by atoms with Gasteiger partial charge in [0, 0.05) is 0 Å². The molecule has 0 amide bonds. The Morgan fingerprint density at radius 1 is 0.946 bits per heavy atom. The molecule has 3 nitrogen and oxygen atoms in total. The van der Waals surface area contributed by atoms with E-state index in [0.717, 1.165) is 24.8 Å². The first-order chi connectivity index (χ1) is 16.7. The van der Waals surface area contributed by atoms with Crippen LogP contribution in [0.1, 0.15) is 71.6 Å². The van der Waals surface area contributed by atoms with E-state index in [-0.39, 0.29) is 18.3 Å². The van der Waals surface area contributed by atoms with Crippen molar-refractivity contribution >= 4 is 32.4 Å². The van der Waals surface area contributed by atoms with Crippen molar-refractivity contribution in [1.29, 1.82) is 0 Å². The van der Waals surface area contributed by atoms with Crippen LogP contribution in [0, 0.1) is 25.2 Å². The van der Waals surface area contributed by atoms with Crippen molar-refractivity contribution in [3.8, 4) is 0 Å². The summed E-state index contributed by atoms with van der Waals surface area (Å²) in [6.45, 7) is 24.1. The van der Waals surface area contributed by atoms with Crippen LogP contribution in [-0.4, -0.2) is 32.8 Å². The van der Waals surface area contributed by atoms with E-state index in [1.54, 1.807) is 5.57 Å². The fraction of sp³-hybridized carbons (Fsp3) is 0.633. The minimum atomic E-state index is -1.69. The number of benzene rings is 1. The van der Waals surface area contributed by atoms with E-state index in [0.29, 0.717) is 18.5 Å². The maximum atomic E-state index is 4.89. The first kappa shape index (κ1) is 33.3. The molecule has 1 aromatic rings. The van der Waals surface area contributed by atoms with E-state index in [9.17, 15) is 0 Å². The van der Waals surface area contributed by atoms with E-state index >= 15 is 0 Å². The molecule has 0 aromatic heterocycles. The molecule has 1 aromatic carbocycles. The molecule has 3 aliphatic rings. The summed E-state index contributed by atoms with van der Waals surface area (Å²) in [6.07, 6.45) is 8.60. The average Bonchev–Trinajstić information content (AvgIpc) is 3.15. The van der Waals surface area contributed by atoms with Crippen LogP contribution < -0.4 is 0 Å². The summed E-state index contributed by atoms with van der Waals surface area (Å²) in [5, 5.41) is 9.24. The van der Waals surface area contributed by atoms with Gasteiger partial charge in [0.25, 0.3) is 0 Å². The molecular formula is C30H48Cl2N3SiTi+. The van der Waals surface area contributed by atoms with Gasteiger partial charge in [-0.25, -0.2) is 0 Å². The van der Waals surface area contributed by atoms with Gasteiger partial charge in [-0.05, 0) is 62.8 Å². The van der Waals surface area contributed by atoms with Gasteiger partial charge in [0.15, 0.2) is 0 Å². The molecule has 0 N–H and O–H groups in total. The molecule has 204 valence electrons. The number of allylic oxidation sites excluding steroid dienone is 4. The molecular weight excluding hydrogens is 549 g/mol. The molecule has 1 saturated carbocycles. The zero-order chi connectivity index (χ0) is 26.9. The number of fused-ring (bicyclic) bond motifs is 1. The first-order valence-corrected chi connectivity index (χ1v) is 20.6. The summed E-state index contributed by atoms with van der Waals surface area (Å²) in [5.74, 6) is 1.96. The fourth-order valence-electron chi connectivity index (χ4n) is 6.49. The molecule has 2 fully saturated rings. The molecule has 0 spiro atoms. The van der Waals surface area contributed by atoms with Crippen LogP contribution in [0.2, 0.25) is 18.6 Å². The number of hydrogen-bond donors (Lipinski definition) is 0. The summed E-state index contributed by atoms with van der Waals surface area (Å²) >= 11 is -0.556. The van der Waals surface area contributed by atoms with Crippen LogP contribution in [0.25, 0.3) is 16.2 Å². The molecule has 1 heterocycles. The fourth-order valence-corrected chi connectivity index (χ4v) is 10.7. The van der Waals surface area contributed by atoms with Gasteiger partial charge in [-0.15, -0.1) is 13.3 Å². The first-order valence-electron chi connectivity index (χ1n) is 13.2. The second kappa shape index (κ2) is 13.2. The topological polar surface area (TPSA) is 31.4 Å². The third-order valence-electron chi connectivity index (χ3n) is 8.50. The SMILES string of the molecule is CC1CC2C(c3cc(C(C)(C)C)cc(C(C)(C)C)c3)=CC=CC2C1[Si](C)(C)N1C[N-]C[N-]C1.[CH3-].[Cl][Ti+4][Cl]. The van der Waals surface area contributed by atoms with Gasteiger partial charge in [0.05, 0.1) is 0 Å². The summed E-state index contributed by atoms with van der Waals surface area (Å²) in [6, 6.07) is 7.42. The van der Waals surface area contributed by atoms with Gasteiger partial charge >= 0.3 is 35.6 Å². The zero-order valence-electron chi connectivity index (χ0n) is 24.7. The van der Waals surface area contributed by atoms with Gasteiger partial charge in [0.2, 0.25) is 0 Å². The number of halogens is 2. The van der Waals surface area contributed by atoms with Crippen LogP contribution >= 0.6 is 18.6 Å². The zero-order valence-corrected chi connectivity index (χ0v) is 28.8. The van der Waals surface area contributed by atoms with Crippen LogP contribution in [-0.2, 0) is 27.9 Å². The van der Waals surface area contributed by atoms with E-state index in [4.69, 9.17) is 18.6 Å². The Morgan fingerprint density at radius 3 is 1.95 bits per heavy atom. The van der Waals surface area contributed by atoms with Gasteiger partial charge in [0.1, 0.15) is 8.24 Å². The van der Waals surface area contributed by atoms with E-state index in [1.807, 2.05) is 0 Å². The Balaban J connectivity index is 0.00000115. The van der Waals surface area contributed by atoms with Gasteiger partial charge in [-0.1, -0.05) is 98.0 Å². The number of nitrogens with zero attached hydrogens (tertiary/aromatic N) is 3. The van der Waals surface area contributed by atoms with Crippen molar-refractivity contribution in [2.24, 2.45) is 17.8 Å². The van der Waals surface area contributed by atoms with E-state index in [1.165, 1.54) is 23.1 Å². The van der Waals surface area contributed by atoms with Crippen molar-refractivity contribution in [1.82, 2.24) is 4.57 Å². The van der Waals surface area contributed by atoms with E-state index < -0.39 is 25.3 Å². The third-order valence-corrected chi connectivity index (χ3v) is 13.0. The summed E-state index contributed by atoms with van der Waals surface area (Å²) in [4.78, 5) is 0. The average molecular weight is 598 g/mol. The van der Waals surface area contributed by atoms with Crippen LogP contribution in [0.4, 0.5) is 0 Å². The minimum absolute atomic E-state index is 0. The van der Waals surface area contributed by atoms with Crippen molar-refractivity contribution in [3.63, 3.8) is 0 Å². The molecule has 1 aliphatic heterocycles. The van der Waals surface area contributed by atoms with Crippen LogP contribution in [0.3, 0.4) is 0 Å². The molecule has 0 radical (unpaired) electrons. The molecule has 37 heavy (non-hydrogen) atoms. The van der Waals surface area contributed by atoms with Gasteiger partial charge in [-0.3, -0.25) is 6.67 Å². The summed E-state index contributed by atoms with van der Waals surface area (Å²) in [7, 11) is 8.09. The Kier molecular flexibility index (Phi) is 11.9. The number of hydrogen-bond acceptors (Lipinski definition) is 1. The Hall–Kier alpha value is 0.0912. The second-order valence-corrected chi connectivity index (χ2v) is 20.6. The summed E-state index contributed by atoms with van der Waals surface area (Å²) < 4.78 is 2.63. The van der Waals surface area contributed by atoms with E-state index in [2.05, 4.69) is 113 Å². The van der Waals surface area contributed by atoms with Crippen LogP contribution in [0.5, 0.6) is 0 Å². The Labute approximate surface area is 246 Å². The standard InChI is InChI=1S/C29H45N3Si.CH3.2ClH.Ti/c1-20-13-26-24(21-14-22(28(2,3)4)16-23(15-21)29(5,6)7)11-10-12-25(26)27(20)33(8,9)32-18-30-17-31-19-32;;;;/h10-12,14-16,20,25-27H,13,17-19H2,1-9H3;1H3;2*1H;/q-2;-1;;;+6/p-2. The monoisotopic (exact) mass is 596 g/mol. The quantitative estimate of drug-likeness (QED) is 0.252. The third kappa shape index (κ3) is 7.64. The Morgan fingerprint density at radius 2 is 1.46 bits per heavy atom. The Bertz CT molecular complexity index is 926. The molecule has 0 bridgehead atoms. The number of rotatable bonds is 3. The molecule has 4 atom stereocenters. The molecule has 2 aliphatic carbocycles. The van der Waals surface area contributed by atoms with Crippen molar-refractivity contribution in [2.45, 2.75) is 84.4 Å². The predicted molar refractivity (Wildman–Crippen MR) is 164 cm³/mol. The van der Waals surface area contributed by atoms with Crippen LogP contribution in [0.15, 0.2) is 36.4 Å². The van der Waals surface area contributed by atoms with Crippen molar-refractivity contribution in [2.75, 3.05) is 20.0 Å². The molecule has 1 saturated heterocycles.